The molecule has 0 aromatic heterocycles. The van der Waals surface area contributed by atoms with Gasteiger partial charge in [-0.05, 0) is 38.6 Å². The van der Waals surface area contributed by atoms with Gasteiger partial charge in [-0.25, -0.2) is 0 Å². The van der Waals surface area contributed by atoms with E-state index < -0.39 is 0 Å². The van der Waals surface area contributed by atoms with Gasteiger partial charge in [0.05, 0.1) is 6.54 Å². The Balaban J connectivity index is 2.93. The van der Waals surface area contributed by atoms with E-state index in [1.54, 1.807) is 4.90 Å². The number of likely N-dealkylation sites (N-methyl/N-ethyl adjacent to an activating group) is 1. The molecular formula is C15H20N2O. The zero-order valence-electron chi connectivity index (χ0n) is 11.1. The van der Waals surface area contributed by atoms with Crippen LogP contribution < -0.4 is 5.32 Å². The highest BCUT2D eigenvalue weighted by Gasteiger charge is 2.15. The Hall–Kier alpha value is -1.79. The van der Waals surface area contributed by atoms with Gasteiger partial charge in [-0.2, -0.15) is 0 Å². The molecule has 0 aliphatic heterocycles. The first-order valence-electron chi connectivity index (χ1n) is 6.19. The van der Waals surface area contributed by atoms with Crippen molar-refractivity contribution in [2.75, 3.05) is 26.7 Å². The molecule has 96 valence electrons. The average molecular weight is 244 g/mol. The number of carbonyl (C=O) groups excluding carboxylic acids is 1. The molecule has 0 atom stereocenters. The van der Waals surface area contributed by atoms with Crippen LogP contribution in [0.15, 0.2) is 24.3 Å². The number of carbonyl (C=O) groups is 1. The highest BCUT2D eigenvalue weighted by Crippen LogP contribution is 2.12. The van der Waals surface area contributed by atoms with Crippen molar-refractivity contribution in [2.45, 2.75) is 13.3 Å². The van der Waals surface area contributed by atoms with Crippen LogP contribution >= 0.6 is 0 Å². The number of nitrogens with one attached hydrogen (secondary N) is 1. The molecule has 3 heteroatoms. The molecule has 0 heterocycles. The number of amides is 1. The topological polar surface area (TPSA) is 32.3 Å². The summed E-state index contributed by atoms with van der Waals surface area (Å²) in [5.41, 5.74) is 1.82. The van der Waals surface area contributed by atoms with Gasteiger partial charge in [0.25, 0.3) is 5.91 Å². The van der Waals surface area contributed by atoms with E-state index >= 15 is 0 Å². The number of hydrogen-bond acceptors (Lipinski definition) is 2. The summed E-state index contributed by atoms with van der Waals surface area (Å²) in [7, 11) is 1.90. The van der Waals surface area contributed by atoms with E-state index in [0.29, 0.717) is 13.1 Å². The van der Waals surface area contributed by atoms with Gasteiger partial charge in [-0.1, -0.05) is 24.1 Å². The zero-order valence-corrected chi connectivity index (χ0v) is 11.1. The number of rotatable bonds is 6. The van der Waals surface area contributed by atoms with E-state index in [1.165, 1.54) is 0 Å². The van der Waals surface area contributed by atoms with Gasteiger partial charge in [-0.15, -0.1) is 6.42 Å². The fourth-order valence-corrected chi connectivity index (χ4v) is 1.81. The molecule has 1 amide bonds. The highest BCUT2D eigenvalue weighted by atomic mass is 16.2. The normalized spacial score (nSPS) is 9.83. The first kappa shape index (κ1) is 14.3. The molecule has 0 aliphatic rings. The van der Waals surface area contributed by atoms with Crippen molar-refractivity contribution in [3.8, 4) is 12.3 Å². The van der Waals surface area contributed by atoms with Gasteiger partial charge in [-0.3, -0.25) is 4.79 Å². The fraction of sp³-hybridized carbons (Fsp3) is 0.400. The Morgan fingerprint density at radius 1 is 1.44 bits per heavy atom. The lowest BCUT2D eigenvalue weighted by atomic mass is 10.0. The zero-order chi connectivity index (χ0) is 13.4. The third-order valence-electron chi connectivity index (χ3n) is 2.84. The number of benzene rings is 1. The van der Waals surface area contributed by atoms with Crippen molar-refractivity contribution in [1.82, 2.24) is 10.2 Å². The van der Waals surface area contributed by atoms with Crippen LogP contribution in [0.2, 0.25) is 0 Å². The van der Waals surface area contributed by atoms with Crippen molar-refractivity contribution in [1.29, 1.82) is 0 Å². The second kappa shape index (κ2) is 7.52. The molecule has 0 radical (unpaired) electrons. The maximum atomic E-state index is 12.4. The predicted octanol–water partition coefficient (Wildman–Crippen LogP) is 1.54. The van der Waals surface area contributed by atoms with Gasteiger partial charge in [0, 0.05) is 12.1 Å². The van der Waals surface area contributed by atoms with E-state index in [4.69, 9.17) is 6.42 Å². The van der Waals surface area contributed by atoms with E-state index in [2.05, 4.69) is 11.2 Å². The molecule has 0 saturated heterocycles. The van der Waals surface area contributed by atoms with E-state index in [1.807, 2.05) is 38.2 Å². The molecule has 0 saturated carbocycles. The molecule has 1 N–H and O–H groups in total. The second-order valence-corrected chi connectivity index (χ2v) is 4.03. The molecule has 0 spiro atoms. The Bertz CT molecular complexity index is 434. The van der Waals surface area contributed by atoms with Crippen molar-refractivity contribution in [3.05, 3.63) is 35.4 Å². The fourth-order valence-electron chi connectivity index (χ4n) is 1.81. The van der Waals surface area contributed by atoms with Gasteiger partial charge in [0.2, 0.25) is 0 Å². The summed E-state index contributed by atoms with van der Waals surface area (Å²) >= 11 is 0. The summed E-state index contributed by atoms with van der Waals surface area (Å²) in [4.78, 5) is 14.0. The van der Waals surface area contributed by atoms with Crippen molar-refractivity contribution in [3.63, 3.8) is 0 Å². The second-order valence-electron chi connectivity index (χ2n) is 4.03. The van der Waals surface area contributed by atoms with Crippen LogP contribution in [0.4, 0.5) is 0 Å². The molecule has 3 nitrogen and oxygen atoms in total. The largest absolute Gasteiger partial charge is 0.328 e. The summed E-state index contributed by atoms with van der Waals surface area (Å²) in [6.07, 6.45) is 6.12. The molecular weight excluding hydrogens is 224 g/mol. The third-order valence-corrected chi connectivity index (χ3v) is 2.84. The first-order valence-corrected chi connectivity index (χ1v) is 6.19. The lowest BCUT2D eigenvalue weighted by molar-refractivity contribution is 0.0784. The summed E-state index contributed by atoms with van der Waals surface area (Å²) in [6, 6.07) is 7.71. The average Bonchev–Trinajstić information content (AvgIpc) is 2.42. The minimum Gasteiger partial charge on any atom is -0.328 e. The van der Waals surface area contributed by atoms with Crippen LogP contribution in [0.1, 0.15) is 22.8 Å². The predicted molar refractivity (Wildman–Crippen MR) is 74.5 cm³/mol. The summed E-state index contributed by atoms with van der Waals surface area (Å²) in [5, 5.41) is 3.09. The van der Waals surface area contributed by atoms with E-state index in [0.717, 1.165) is 24.1 Å². The highest BCUT2D eigenvalue weighted by molar-refractivity contribution is 5.95. The Labute approximate surface area is 109 Å². The van der Waals surface area contributed by atoms with Crippen LogP contribution in [-0.4, -0.2) is 37.5 Å². The molecule has 0 fully saturated rings. The minimum atomic E-state index is 0.0159. The van der Waals surface area contributed by atoms with Crippen LogP contribution in [0.5, 0.6) is 0 Å². The van der Waals surface area contributed by atoms with Gasteiger partial charge in [0.1, 0.15) is 0 Å². The van der Waals surface area contributed by atoms with E-state index in [-0.39, 0.29) is 5.91 Å². The van der Waals surface area contributed by atoms with E-state index in [9.17, 15) is 4.79 Å². The standard InChI is InChI=1S/C15H20N2O/c1-4-12-17(5-2)15(18)14-9-7-6-8-13(14)10-11-16-3/h1,6-9,16H,5,10-12H2,2-3H3. The smallest absolute Gasteiger partial charge is 0.254 e. The molecule has 0 bridgehead atoms. The summed E-state index contributed by atoms with van der Waals surface area (Å²) < 4.78 is 0. The van der Waals surface area contributed by atoms with Gasteiger partial charge in [0.15, 0.2) is 0 Å². The molecule has 1 rings (SSSR count). The van der Waals surface area contributed by atoms with Crippen LogP contribution in [0.25, 0.3) is 0 Å². The number of nitrogens with zero attached hydrogens (tertiary/aromatic N) is 1. The SMILES string of the molecule is C#CCN(CC)C(=O)c1ccccc1CCNC. The molecule has 1 aromatic rings. The van der Waals surface area contributed by atoms with Gasteiger partial charge >= 0.3 is 0 Å². The lowest BCUT2D eigenvalue weighted by Crippen LogP contribution is -2.32. The van der Waals surface area contributed by atoms with Crippen LogP contribution in [-0.2, 0) is 6.42 Å². The molecule has 0 unspecified atom stereocenters. The Kier molecular flexibility index (Phi) is 5.96. The molecule has 18 heavy (non-hydrogen) atoms. The van der Waals surface area contributed by atoms with Crippen LogP contribution in [0, 0.1) is 12.3 Å². The Morgan fingerprint density at radius 3 is 2.78 bits per heavy atom. The maximum absolute atomic E-state index is 12.4. The van der Waals surface area contributed by atoms with Crippen molar-refractivity contribution >= 4 is 5.91 Å². The van der Waals surface area contributed by atoms with Crippen LogP contribution in [0.3, 0.4) is 0 Å². The summed E-state index contributed by atoms with van der Waals surface area (Å²) in [6.45, 7) is 3.77. The van der Waals surface area contributed by atoms with Gasteiger partial charge < -0.3 is 10.2 Å². The number of hydrogen-bond donors (Lipinski definition) is 1. The summed E-state index contributed by atoms with van der Waals surface area (Å²) in [5.74, 6) is 2.54. The minimum absolute atomic E-state index is 0.0159. The Morgan fingerprint density at radius 2 is 2.17 bits per heavy atom. The maximum Gasteiger partial charge on any atom is 0.254 e. The molecule has 0 aliphatic carbocycles. The first-order chi connectivity index (χ1) is 8.74. The number of terminal acetylenes is 1. The monoisotopic (exact) mass is 244 g/mol. The molecule has 1 aromatic carbocycles. The quantitative estimate of drug-likeness (QED) is 0.770. The third kappa shape index (κ3) is 3.61. The van der Waals surface area contributed by atoms with Crippen molar-refractivity contribution < 1.29 is 4.79 Å². The lowest BCUT2D eigenvalue weighted by Gasteiger charge is -2.19. The van der Waals surface area contributed by atoms with Crippen molar-refractivity contribution in [2.24, 2.45) is 0 Å².